The Morgan fingerprint density at radius 2 is 1.89 bits per heavy atom. The van der Waals surface area contributed by atoms with E-state index in [1.807, 2.05) is 30.0 Å². The molecule has 2 heterocycles. The highest BCUT2D eigenvalue weighted by Crippen LogP contribution is 2.28. The molecule has 0 saturated heterocycles. The molecular formula is C21H23N5OS. The van der Waals surface area contributed by atoms with Crippen molar-refractivity contribution < 1.29 is 4.79 Å². The number of rotatable bonds is 4. The summed E-state index contributed by atoms with van der Waals surface area (Å²) in [6, 6.07) is 14.4. The highest BCUT2D eigenvalue weighted by atomic mass is 32.2. The summed E-state index contributed by atoms with van der Waals surface area (Å²) in [4.78, 5) is 15.0. The van der Waals surface area contributed by atoms with Gasteiger partial charge in [0.1, 0.15) is 0 Å². The third-order valence-electron chi connectivity index (χ3n) is 5.32. The van der Waals surface area contributed by atoms with Crippen LogP contribution in [-0.4, -0.2) is 42.8 Å². The molecule has 0 spiro atoms. The van der Waals surface area contributed by atoms with Crippen molar-refractivity contribution in [3.63, 3.8) is 0 Å². The molecule has 0 saturated carbocycles. The first-order valence-electron chi connectivity index (χ1n) is 9.42. The number of carbonyl (C=O) groups is 1. The van der Waals surface area contributed by atoms with Gasteiger partial charge >= 0.3 is 0 Å². The fraction of sp³-hybridized carbons (Fsp3) is 0.333. The number of aryl methyl sites for hydroxylation is 1. The van der Waals surface area contributed by atoms with Gasteiger partial charge in [-0.25, -0.2) is 0 Å². The number of hydrogen-bond acceptors (Lipinski definition) is 5. The Bertz CT molecular complexity index is 1020. The second-order valence-electron chi connectivity index (χ2n) is 7.13. The normalized spacial score (nSPS) is 14.6. The summed E-state index contributed by atoms with van der Waals surface area (Å²) < 4.78 is 1.72. The zero-order valence-electron chi connectivity index (χ0n) is 16.3. The van der Waals surface area contributed by atoms with Gasteiger partial charge in [-0.3, -0.25) is 4.79 Å². The third kappa shape index (κ3) is 3.54. The van der Waals surface area contributed by atoms with E-state index in [0.29, 0.717) is 11.7 Å². The molecule has 4 rings (SSSR count). The van der Waals surface area contributed by atoms with E-state index in [4.69, 9.17) is 0 Å². The van der Waals surface area contributed by atoms with Gasteiger partial charge in [0.25, 0.3) is 0 Å². The predicted octanol–water partition coefficient (Wildman–Crippen LogP) is 3.34. The summed E-state index contributed by atoms with van der Waals surface area (Å²) in [6.45, 7) is 7.47. The van der Waals surface area contributed by atoms with Crippen LogP contribution in [0.25, 0.3) is 5.69 Å². The average molecular weight is 394 g/mol. The van der Waals surface area contributed by atoms with Crippen LogP contribution in [0.1, 0.15) is 29.2 Å². The van der Waals surface area contributed by atoms with Crippen LogP contribution in [0.15, 0.2) is 47.6 Å². The molecule has 3 aromatic rings. The lowest BCUT2D eigenvalue weighted by Gasteiger charge is -2.30. The van der Waals surface area contributed by atoms with Crippen LogP contribution in [0.5, 0.6) is 0 Å². The van der Waals surface area contributed by atoms with Gasteiger partial charge in [-0.05, 0) is 65.9 Å². The zero-order valence-corrected chi connectivity index (χ0v) is 17.1. The first-order valence-corrected chi connectivity index (χ1v) is 10.3. The summed E-state index contributed by atoms with van der Waals surface area (Å²) >= 11 is 1.40. The number of nitrogens with zero attached hydrogens (tertiary/aromatic N) is 5. The fourth-order valence-corrected chi connectivity index (χ4v) is 4.40. The number of thioether (sulfide) groups is 1. The van der Waals surface area contributed by atoms with Gasteiger partial charge in [-0.2, -0.15) is 4.68 Å². The van der Waals surface area contributed by atoms with E-state index < -0.39 is 0 Å². The van der Waals surface area contributed by atoms with Gasteiger partial charge in [0.15, 0.2) is 0 Å². The van der Waals surface area contributed by atoms with Gasteiger partial charge in [-0.15, -0.1) is 5.10 Å². The topological polar surface area (TPSA) is 63.9 Å². The first-order chi connectivity index (χ1) is 13.5. The number of hydrogen-bond donors (Lipinski definition) is 0. The molecule has 0 N–H and O–H groups in total. The Hall–Kier alpha value is -2.67. The van der Waals surface area contributed by atoms with Crippen LogP contribution in [-0.2, 0) is 17.8 Å². The Morgan fingerprint density at radius 1 is 1.11 bits per heavy atom. The molecule has 28 heavy (non-hydrogen) atoms. The number of amides is 1. The number of fused-ring (bicyclic) bond motifs is 1. The van der Waals surface area contributed by atoms with Crippen LogP contribution >= 0.6 is 11.8 Å². The van der Waals surface area contributed by atoms with Gasteiger partial charge in [0, 0.05) is 13.1 Å². The smallest absolute Gasteiger partial charge is 0.236 e. The van der Waals surface area contributed by atoms with Crippen LogP contribution in [0.2, 0.25) is 0 Å². The van der Waals surface area contributed by atoms with Crippen molar-refractivity contribution in [1.29, 1.82) is 0 Å². The molecule has 0 aliphatic carbocycles. The monoisotopic (exact) mass is 393 g/mol. The Labute approximate surface area is 168 Å². The molecule has 144 valence electrons. The largest absolute Gasteiger partial charge is 0.337 e. The van der Waals surface area contributed by atoms with Crippen molar-refractivity contribution in [3.8, 4) is 5.69 Å². The molecule has 1 aromatic heterocycles. The number of benzene rings is 2. The van der Waals surface area contributed by atoms with E-state index >= 15 is 0 Å². The minimum absolute atomic E-state index is 0.120. The number of aromatic nitrogens is 4. The standard InChI is InChI=1S/C21H23N5OS/c1-14-7-6-10-19(15(14)2)26-21(22-23-24-26)28-16(3)20(27)25-12-11-17-8-4-5-9-18(17)13-25/h4-10,16H,11-13H2,1-3H3/t16-/m0/s1. The van der Waals surface area contributed by atoms with E-state index in [0.717, 1.165) is 24.2 Å². The van der Waals surface area contributed by atoms with Crippen LogP contribution in [0.4, 0.5) is 0 Å². The second kappa shape index (κ2) is 7.75. The summed E-state index contributed by atoms with van der Waals surface area (Å²) in [5.41, 5.74) is 5.83. The number of carbonyl (C=O) groups excluding carboxylic acids is 1. The predicted molar refractivity (Wildman–Crippen MR) is 110 cm³/mol. The summed E-state index contributed by atoms with van der Waals surface area (Å²) in [5.74, 6) is 0.120. The third-order valence-corrected chi connectivity index (χ3v) is 6.34. The van der Waals surface area contributed by atoms with Gasteiger partial charge in [-0.1, -0.05) is 48.2 Å². The lowest BCUT2D eigenvalue weighted by atomic mass is 10.00. The molecule has 0 bridgehead atoms. The minimum atomic E-state index is -0.264. The molecule has 1 aliphatic heterocycles. The maximum absolute atomic E-state index is 13.0. The van der Waals surface area contributed by atoms with Crippen LogP contribution in [0, 0.1) is 13.8 Å². The molecule has 1 atom stereocenters. The van der Waals surface area contributed by atoms with Crippen LogP contribution in [0.3, 0.4) is 0 Å². The maximum Gasteiger partial charge on any atom is 0.236 e. The summed E-state index contributed by atoms with van der Waals surface area (Å²) in [5, 5.41) is 12.5. The van der Waals surface area contributed by atoms with E-state index in [1.54, 1.807) is 4.68 Å². The van der Waals surface area contributed by atoms with Gasteiger partial charge in [0.05, 0.1) is 10.9 Å². The second-order valence-corrected chi connectivity index (χ2v) is 8.44. The minimum Gasteiger partial charge on any atom is -0.337 e. The Kier molecular flexibility index (Phi) is 5.17. The van der Waals surface area contributed by atoms with Gasteiger partial charge < -0.3 is 4.90 Å². The van der Waals surface area contributed by atoms with E-state index in [1.165, 1.54) is 28.5 Å². The van der Waals surface area contributed by atoms with E-state index in [-0.39, 0.29) is 11.2 Å². The molecule has 0 fully saturated rings. The van der Waals surface area contributed by atoms with Crippen molar-refractivity contribution in [2.45, 2.75) is 44.1 Å². The fourth-order valence-electron chi connectivity index (χ4n) is 3.52. The molecule has 1 aliphatic rings. The lowest BCUT2D eigenvalue weighted by molar-refractivity contribution is -0.131. The van der Waals surface area contributed by atoms with Gasteiger partial charge in [0.2, 0.25) is 11.1 Å². The van der Waals surface area contributed by atoms with Crippen LogP contribution < -0.4 is 0 Å². The Morgan fingerprint density at radius 3 is 2.71 bits per heavy atom. The molecule has 2 aromatic carbocycles. The lowest BCUT2D eigenvalue weighted by Crippen LogP contribution is -2.40. The molecule has 0 radical (unpaired) electrons. The molecular weight excluding hydrogens is 370 g/mol. The SMILES string of the molecule is Cc1cccc(-n2nnnc2S[C@@H](C)C(=O)N2CCc3ccccc3C2)c1C. The average Bonchev–Trinajstić information content (AvgIpc) is 3.17. The summed E-state index contributed by atoms with van der Waals surface area (Å²) in [7, 11) is 0. The summed E-state index contributed by atoms with van der Waals surface area (Å²) in [6.07, 6.45) is 0.902. The molecule has 6 nitrogen and oxygen atoms in total. The van der Waals surface area contributed by atoms with Crippen molar-refractivity contribution in [1.82, 2.24) is 25.1 Å². The van der Waals surface area contributed by atoms with E-state index in [2.05, 4.69) is 53.6 Å². The molecule has 7 heteroatoms. The zero-order chi connectivity index (χ0) is 19.7. The van der Waals surface area contributed by atoms with Crippen molar-refractivity contribution in [2.75, 3.05) is 6.54 Å². The first kappa shape index (κ1) is 18.7. The maximum atomic E-state index is 13.0. The highest BCUT2D eigenvalue weighted by Gasteiger charge is 2.27. The number of tetrazole rings is 1. The molecule has 1 amide bonds. The van der Waals surface area contributed by atoms with E-state index in [9.17, 15) is 4.79 Å². The highest BCUT2D eigenvalue weighted by molar-refractivity contribution is 8.00. The van der Waals surface area contributed by atoms with Crippen molar-refractivity contribution in [3.05, 3.63) is 64.7 Å². The Balaban J connectivity index is 1.51. The van der Waals surface area contributed by atoms with Crippen molar-refractivity contribution in [2.24, 2.45) is 0 Å². The van der Waals surface area contributed by atoms with Crippen molar-refractivity contribution >= 4 is 17.7 Å². The quantitative estimate of drug-likeness (QED) is 0.636. The molecule has 0 unspecified atom stereocenters.